The number of benzene rings is 3. The van der Waals surface area contributed by atoms with Gasteiger partial charge in [0, 0.05) is 66.6 Å². The van der Waals surface area contributed by atoms with Gasteiger partial charge < -0.3 is 23.7 Å². The number of hydrogen-bond donors (Lipinski definition) is 0. The minimum Gasteiger partial charge on any atom is -0.497 e. The summed E-state index contributed by atoms with van der Waals surface area (Å²) in [5.74, 6) is 1.53. The maximum Gasteiger partial charge on any atom is 0.246 e. The van der Waals surface area contributed by atoms with Crippen LogP contribution in [0.3, 0.4) is 0 Å². The Hall–Kier alpha value is -4.19. The Labute approximate surface area is 211 Å². The predicted octanol–water partition coefficient (Wildman–Crippen LogP) is 5.87. The van der Waals surface area contributed by atoms with E-state index in [9.17, 15) is 4.79 Å². The molecule has 0 unspecified atom stereocenters. The fraction of sp³-hybridized carbons (Fsp3) is 0.233. The van der Waals surface area contributed by atoms with E-state index in [0.29, 0.717) is 18.8 Å². The van der Waals surface area contributed by atoms with Gasteiger partial charge in [0.2, 0.25) is 5.91 Å². The van der Waals surface area contributed by atoms with Crippen molar-refractivity contribution in [1.82, 2.24) is 4.90 Å². The van der Waals surface area contributed by atoms with Crippen LogP contribution in [0.2, 0.25) is 0 Å². The van der Waals surface area contributed by atoms with Gasteiger partial charge in [-0.15, -0.1) is 0 Å². The van der Waals surface area contributed by atoms with E-state index in [1.54, 1.807) is 26.6 Å². The number of fused-ring (bicyclic) bond motifs is 1. The van der Waals surface area contributed by atoms with E-state index in [2.05, 4.69) is 29.2 Å². The molecule has 3 aromatic carbocycles. The fourth-order valence-electron chi connectivity index (χ4n) is 4.72. The summed E-state index contributed by atoms with van der Waals surface area (Å²) in [6.07, 6.45) is 3.49. The summed E-state index contributed by atoms with van der Waals surface area (Å²) in [5.41, 5.74) is 5.70. The van der Waals surface area contributed by atoms with Crippen LogP contribution in [0.5, 0.6) is 11.5 Å². The first-order chi connectivity index (χ1) is 17.6. The molecule has 1 aliphatic heterocycles. The van der Waals surface area contributed by atoms with Crippen molar-refractivity contribution in [3.8, 4) is 22.6 Å². The highest BCUT2D eigenvalue weighted by atomic mass is 16.5. The number of allylic oxidation sites excluding steroid dienone is 1. The number of carbonyl (C=O) groups is 1. The molecular weight excluding hydrogens is 452 g/mol. The summed E-state index contributed by atoms with van der Waals surface area (Å²) in [7, 11) is 3.31. The van der Waals surface area contributed by atoms with Gasteiger partial charge in [0.1, 0.15) is 17.1 Å². The Morgan fingerprint density at radius 2 is 1.69 bits per heavy atom. The van der Waals surface area contributed by atoms with Gasteiger partial charge in [0.25, 0.3) is 0 Å². The van der Waals surface area contributed by atoms with Gasteiger partial charge in [-0.3, -0.25) is 4.79 Å². The second kappa shape index (κ2) is 10.2. The fourth-order valence-corrected chi connectivity index (χ4v) is 4.72. The van der Waals surface area contributed by atoms with Crippen LogP contribution < -0.4 is 14.4 Å². The van der Waals surface area contributed by atoms with Crippen molar-refractivity contribution in [2.24, 2.45) is 0 Å². The second-order valence-corrected chi connectivity index (χ2v) is 8.91. The first-order valence-electron chi connectivity index (χ1n) is 12.1. The number of furan rings is 1. The normalized spacial score (nSPS) is 14.2. The Morgan fingerprint density at radius 1 is 0.917 bits per heavy atom. The number of piperazine rings is 1. The van der Waals surface area contributed by atoms with Gasteiger partial charge in [-0.2, -0.15) is 0 Å². The van der Waals surface area contributed by atoms with Gasteiger partial charge in [0.15, 0.2) is 0 Å². The van der Waals surface area contributed by atoms with E-state index in [-0.39, 0.29) is 5.91 Å². The number of methoxy groups -OCH3 is 2. The number of nitrogens with zero attached hydrogens (tertiary/aromatic N) is 2. The molecule has 1 aromatic heterocycles. The minimum absolute atomic E-state index is 0.00965. The van der Waals surface area contributed by atoms with Gasteiger partial charge in [-0.05, 0) is 36.3 Å². The summed E-state index contributed by atoms with van der Waals surface area (Å²) in [6, 6.07) is 22.1. The van der Waals surface area contributed by atoms with Crippen molar-refractivity contribution >= 4 is 28.1 Å². The van der Waals surface area contributed by atoms with E-state index in [0.717, 1.165) is 57.8 Å². The van der Waals surface area contributed by atoms with Crippen LogP contribution in [0.1, 0.15) is 12.5 Å². The van der Waals surface area contributed by atoms with Gasteiger partial charge in [-0.25, -0.2) is 0 Å². The number of amides is 1. The van der Waals surface area contributed by atoms with Gasteiger partial charge >= 0.3 is 0 Å². The maximum absolute atomic E-state index is 13.2. The Morgan fingerprint density at radius 3 is 2.42 bits per heavy atom. The zero-order valence-electron chi connectivity index (χ0n) is 20.9. The Bertz CT molecular complexity index is 1400. The molecule has 0 spiro atoms. The molecule has 184 valence electrons. The van der Waals surface area contributed by atoms with Crippen LogP contribution in [0, 0.1) is 0 Å². The monoisotopic (exact) mass is 482 g/mol. The van der Waals surface area contributed by atoms with E-state index in [1.807, 2.05) is 54.3 Å². The smallest absolute Gasteiger partial charge is 0.246 e. The molecule has 0 saturated carbocycles. The number of rotatable bonds is 6. The van der Waals surface area contributed by atoms with Crippen molar-refractivity contribution in [2.75, 3.05) is 45.3 Å². The molecule has 2 heterocycles. The molecule has 5 rings (SSSR count). The molecule has 1 aliphatic rings. The van der Waals surface area contributed by atoms with Crippen LogP contribution in [0.25, 0.3) is 27.7 Å². The van der Waals surface area contributed by atoms with Crippen LogP contribution in [-0.2, 0) is 4.79 Å². The van der Waals surface area contributed by atoms with Gasteiger partial charge in [-0.1, -0.05) is 36.4 Å². The lowest BCUT2D eigenvalue weighted by Crippen LogP contribution is -2.48. The zero-order valence-corrected chi connectivity index (χ0v) is 20.9. The summed E-state index contributed by atoms with van der Waals surface area (Å²) in [4.78, 5) is 17.4. The van der Waals surface area contributed by atoms with Crippen LogP contribution >= 0.6 is 0 Å². The topological polar surface area (TPSA) is 55.2 Å². The summed E-state index contributed by atoms with van der Waals surface area (Å²) in [6.45, 7) is 4.83. The third kappa shape index (κ3) is 4.67. The van der Waals surface area contributed by atoms with E-state index >= 15 is 0 Å². The molecule has 36 heavy (non-hydrogen) atoms. The van der Waals surface area contributed by atoms with Crippen molar-refractivity contribution < 1.29 is 18.7 Å². The molecule has 6 heteroatoms. The predicted molar refractivity (Wildman–Crippen MR) is 144 cm³/mol. The van der Waals surface area contributed by atoms with Crippen LogP contribution in [-0.4, -0.2) is 51.2 Å². The van der Waals surface area contributed by atoms with Crippen molar-refractivity contribution in [2.45, 2.75) is 6.92 Å². The standard InChI is InChI=1S/C30H30N2O4/c1-21(16-30(33)32-14-12-31(13-15-32)23-10-7-11-24(17-23)34-2)25-18-26-27(22-8-5-4-6-9-22)20-36-29(26)19-28(25)35-3/h4-11,16-20H,12-15H2,1-3H3/b21-16+. The maximum atomic E-state index is 13.2. The van der Waals surface area contributed by atoms with Crippen molar-refractivity contribution in [3.63, 3.8) is 0 Å². The molecule has 1 saturated heterocycles. The highest BCUT2D eigenvalue weighted by Crippen LogP contribution is 2.37. The molecule has 6 nitrogen and oxygen atoms in total. The average molecular weight is 483 g/mol. The molecule has 0 radical (unpaired) electrons. The first kappa shape index (κ1) is 23.5. The molecule has 0 aliphatic carbocycles. The summed E-state index contributed by atoms with van der Waals surface area (Å²) >= 11 is 0. The number of hydrogen-bond acceptors (Lipinski definition) is 5. The lowest BCUT2D eigenvalue weighted by molar-refractivity contribution is -0.126. The summed E-state index contributed by atoms with van der Waals surface area (Å²) in [5, 5.41) is 0.990. The van der Waals surface area contributed by atoms with E-state index in [4.69, 9.17) is 13.9 Å². The minimum atomic E-state index is 0.00965. The highest BCUT2D eigenvalue weighted by Gasteiger charge is 2.21. The molecule has 0 N–H and O–H groups in total. The highest BCUT2D eigenvalue weighted by molar-refractivity contribution is 6.00. The molecule has 0 atom stereocenters. The summed E-state index contributed by atoms with van der Waals surface area (Å²) < 4.78 is 16.8. The quantitative estimate of drug-likeness (QED) is 0.322. The molecule has 0 bridgehead atoms. The largest absolute Gasteiger partial charge is 0.497 e. The zero-order chi connectivity index (χ0) is 25.1. The first-order valence-corrected chi connectivity index (χ1v) is 12.1. The van der Waals surface area contributed by atoms with E-state index < -0.39 is 0 Å². The van der Waals surface area contributed by atoms with Crippen molar-refractivity contribution in [3.05, 3.63) is 84.6 Å². The Kier molecular flexibility index (Phi) is 6.67. The second-order valence-electron chi connectivity index (χ2n) is 8.91. The van der Waals surface area contributed by atoms with E-state index in [1.165, 1.54) is 0 Å². The average Bonchev–Trinajstić information content (AvgIpc) is 3.35. The number of ether oxygens (including phenoxy) is 2. The molecule has 4 aromatic rings. The van der Waals surface area contributed by atoms with Crippen LogP contribution in [0.4, 0.5) is 5.69 Å². The third-order valence-corrected chi connectivity index (χ3v) is 6.76. The van der Waals surface area contributed by atoms with Gasteiger partial charge in [0.05, 0.1) is 20.5 Å². The SMILES string of the molecule is COc1cccc(N2CCN(C(=O)/C=C(\C)c3cc4c(-c5ccccc5)coc4cc3OC)CC2)c1. The Balaban J connectivity index is 1.35. The third-order valence-electron chi connectivity index (χ3n) is 6.76. The lowest BCUT2D eigenvalue weighted by Gasteiger charge is -2.35. The lowest BCUT2D eigenvalue weighted by atomic mass is 9.99. The molecule has 1 amide bonds. The van der Waals surface area contributed by atoms with Crippen molar-refractivity contribution in [1.29, 1.82) is 0 Å². The van der Waals surface area contributed by atoms with Crippen LogP contribution in [0.15, 0.2) is 83.5 Å². The number of carbonyl (C=O) groups excluding carboxylic acids is 1. The molecular formula is C30H30N2O4. The molecule has 1 fully saturated rings. The number of anilines is 1.